The van der Waals surface area contributed by atoms with Gasteiger partial charge in [-0.1, -0.05) is 6.92 Å². The van der Waals surface area contributed by atoms with E-state index in [0.29, 0.717) is 6.61 Å². The SMILES string of the molecule is CCCn1c(C)nnc1CN1CC(COC)OC(C)(C)C1. The average Bonchev–Trinajstić information content (AvgIpc) is 2.70. The Bertz CT molecular complexity index is 459. The first-order chi connectivity index (χ1) is 9.95. The molecular weight excluding hydrogens is 268 g/mol. The summed E-state index contributed by atoms with van der Waals surface area (Å²) in [5, 5.41) is 8.57. The summed E-state index contributed by atoms with van der Waals surface area (Å²) in [6.45, 7) is 12.6. The van der Waals surface area contributed by atoms with E-state index in [1.54, 1.807) is 7.11 Å². The van der Waals surface area contributed by atoms with E-state index in [4.69, 9.17) is 9.47 Å². The van der Waals surface area contributed by atoms with Crippen molar-refractivity contribution < 1.29 is 9.47 Å². The summed E-state index contributed by atoms with van der Waals surface area (Å²) in [5.41, 5.74) is -0.161. The smallest absolute Gasteiger partial charge is 0.147 e. The number of hydrogen-bond acceptors (Lipinski definition) is 5. The minimum Gasteiger partial charge on any atom is -0.382 e. The number of hydrogen-bond donors (Lipinski definition) is 0. The van der Waals surface area contributed by atoms with Crippen molar-refractivity contribution in [1.82, 2.24) is 19.7 Å². The number of morpholine rings is 1. The molecule has 1 aliphatic rings. The zero-order valence-electron chi connectivity index (χ0n) is 13.9. The zero-order chi connectivity index (χ0) is 15.5. The first-order valence-electron chi connectivity index (χ1n) is 7.73. The second kappa shape index (κ2) is 6.85. The van der Waals surface area contributed by atoms with Gasteiger partial charge in [-0.3, -0.25) is 4.90 Å². The number of ether oxygens (including phenoxy) is 2. The van der Waals surface area contributed by atoms with Gasteiger partial charge >= 0.3 is 0 Å². The Morgan fingerprint density at radius 1 is 1.38 bits per heavy atom. The topological polar surface area (TPSA) is 52.4 Å². The number of aryl methyl sites for hydroxylation is 1. The second-order valence-corrected chi connectivity index (χ2v) is 6.44. The summed E-state index contributed by atoms with van der Waals surface area (Å²) in [6, 6.07) is 0. The van der Waals surface area contributed by atoms with Crippen molar-refractivity contribution in [3.8, 4) is 0 Å². The molecule has 0 aromatic carbocycles. The summed E-state index contributed by atoms with van der Waals surface area (Å²) in [5.74, 6) is 2.04. The van der Waals surface area contributed by atoms with Crippen molar-refractivity contribution in [3.05, 3.63) is 11.6 Å². The van der Waals surface area contributed by atoms with E-state index in [2.05, 4.69) is 40.4 Å². The van der Waals surface area contributed by atoms with E-state index >= 15 is 0 Å². The van der Waals surface area contributed by atoms with Gasteiger partial charge in [0.05, 0.1) is 24.9 Å². The predicted octanol–water partition coefficient (Wildman–Crippen LogP) is 1.62. The normalized spacial score (nSPS) is 22.6. The van der Waals surface area contributed by atoms with Crippen LogP contribution < -0.4 is 0 Å². The van der Waals surface area contributed by atoms with Crippen LogP contribution in [0, 0.1) is 6.92 Å². The first kappa shape index (κ1) is 16.4. The third-order valence-electron chi connectivity index (χ3n) is 3.73. The van der Waals surface area contributed by atoms with E-state index in [0.717, 1.165) is 44.2 Å². The molecule has 1 saturated heterocycles. The van der Waals surface area contributed by atoms with Crippen LogP contribution in [0.2, 0.25) is 0 Å². The van der Waals surface area contributed by atoms with Crippen LogP contribution in [0.5, 0.6) is 0 Å². The highest BCUT2D eigenvalue weighted by molar-refractivity contribution is 4.96. The molecule has 120 valence electrons. The summed E-state index contributed by atoms with van der Waals surface area (Å²) in [7, 11) is 1.72. The molecular formula is C15H28N4O2. The lowest BCUT2D eigenvalue weighted by atomic mass is 10.1. The second-order valence-electron chi connectivity index (χ2n) is 6.44. The Labute approximate surface area is 127 Å². The maximum atomic E-state index is 6.06. The van der Waals surface area contributed by atoms with Crippen LogP contribution in [0.1, 0.15) is 38.8 Å². The van der Waals surface area contributed by atoms with Crippen molar-refractivity contribution in [1.29, 1.82) is 0 Å². The number of nitrogens with zero attached hydrogens (tertiary/aromatic N) is 4. The third kappa shape index (κ3) is 4.25. The standard InChI is InChI=1S/C15H28N4O2/c1-6-7-19-12(2)16-17-14(19)9-18-8-13(10-20-5)21-15(3,4)11-18/h13H,6-11H2,1-5H3. The molecule has 1 aromatic heterocycles. The minimum atomic E-state index is -0.161. The highest BCUT2D eigenvalue weighted by Gasteiger charge is 2.33. The van der Waals surface area contributed by atoms with Crippen LogP contribution in [0.3, 0.4) is 0 Å². The van der Waals surface area contributed by atoms with Crippen molar-refractivity contribution in [2.75, 3.05) is 26.8 Å². The monoisotopic (exact) mass is 296 g/mol. The highest BCUT2D eigenvalue weighted by Crippen LogP contribution is 2.22. The molecule has 0 saturated carbocycles. The first-order valence-corrected chi connectivity index (χ1v) is 7.73. The molecule has 2 rings (SSSR count). The van der Waals surface area contributed by atoms with Crippen molar-refractivity contribution >= 4 is 0 Å². The van der Waals surface area contributed by atoms with E-state index in [9.17, 15) is 0 Å². The van der Waals surface area contributed by atoms with Gasteiger partial charge in [-0.2, -0.15) is 0 Å². The minimum absolute atomic E-state index is 0.113. The Kier molecular flexibility index (Phi) is 5.35. The Morgan fingerprint density at radius 2 is 2.14 bits per heavy atom. The van der Waals surface area contributed by atoms with Crippen LogP contribution in [-0.4, -0.2) is 58.2 Å². The van der Waals surface area contributed by atoms with Gasteiger partial charge in [-0.05, 0) is 27.2 Å². The van der Waals surface area contributed by atoms with Crippen molar-refractivity contribution in [2.45, 2.75) is 58.9 Å². The molecule has 0 bridgehead atoms. The molecule has 1 unspecified atom stereocenters. The Balaban J connectivity index is 2.07. The van der Waals surface area contributed by atoms with E-state index in [1.165, 1.54) is 0 Å². The molecule has 0 radical (unpaired) electrons. The van der Waals surface area contributed by atoms with E-state index in [1.807, 2.05) is 6.92 Å². The lowest BCUT2D eigenvalue weighted by molar-refractivity contribution is -0.154. The molecule has 0 N–H and O–H groups in total. The summed E-state index contributed by atoms with van der Waals surface area (Å²) >= 11 is 0. The molecule has 0 aliphatic carbocycles. The van der Waals surface area contributed by atoms with Crippen molar-refractivity contribution in [2.24, 2.45) is 0 Å². The maximum Gasteiger partial charge on any atom is 0.147 e. The quantitative estimate of drug-likeness (QED) is 0.798. The van der Waals surface area contributed by atoms with Gasteiger partial charge in [0.15, 0.2) is 0 Å². The van der Waals surface area contributed by atoms with Gasteiger partial charge in [0.25, 0.3) is 0 Å². The van der Waals surface area contributed by atoms with Crippen LogP contribution in [0.4, 0.5) is 0 Å². The molecule has 2 heterocycles. The molecule has 1 aromatic rings. The van der Waals surface area contributed by atoms with Crippen LogP contribution in [0.15, 0.2) is 0 Å². The molecule has 1 atom stereocenters. The van der Waals surface area contributed by atoms with E-state index in [-0.39, 0.29) is 11.7 Å². The van der Waals surface area contributed by atoms with Crippen LogP contribution >= 0.6 is 0 Å². The average molecular weight is 296 g/mol. The molecule has 21 heavy (non-hydrogen) atoms. The lowest BCUT2D eigenvalue weighted by Gasteiger charge is -2.42. The fraction of sp³-hybridized carbons (Fsp3) is 0.867. The van der Waals surface area contributed by atoms with Gasteiger partial charge in [-0.25, -0.2) is 0 Å². The van der Waals surface area contributed by atoms with Gasteiger partial charge in [0, 0.05) is 26.7 Å². The fourth-order valence-electron chi connectivity index (χ4n) is 3.07. The highest BCUT2D eigenvalue weighted by atomic mass is 16.5. The third-order valence-corrected chi connectivity index (χ3v) is 3.73. The summed E-state index contributed by atoms with van der Waals surface area (Å²) < 4.78 is 13.5. The maximum absolute atomic E-state index is 6.06. The predicted molar refractivity (Wildman–Crippen MR) is 81.2 cm³/mol. The van der Waals surface area contributed by atoms with E-state index < -0.39 is 0 Å². The Hall–Kier alpha value is -0.980. The van der Waals surface area contributed by atoms with Crippen molar-refractivity contribution in [3.63, 3.8) is 0 Å². The molecule has 0 amide bonds. The molecule has 1 fully saturated rings. The molecule has 6 nitrogen and oxygen atoms in total. The molecule has 6 heteroatoms. The summed E-state index contributed by atoms with van der Waals surface area (Å²) in [4.78, 5) is 2.39. The van der Waals surface area contributed by atoms with Crippen LogP contribution in [0.25, 0.3) is 0 Å². The van der Waals surface area contributed by atoms with Crippen LogP contribution in [-0.2, 0) is 22.6 Å². The summed E-state index contributed by atoms with van der Waals surface area (Å²) in [6.07, 6.45) is 1.20. The van der Waals surface area contributed by atoms with Gasteiger partial charge in [0.1, 0.15) is 11.6 Å². The fourth-order valence-corrected chi connectivity index (χ4v) is 3.07. The van der Waals surface area contributed by atoms with Gasteiger partial charge in [0.2, 0.25) is 0 Å². The van der Waals surface area contributed by atoms with Gasteiger partial charge < -0.3 is 14.0 Å². The Morgan fingerprint density at radius 3 is 2.81 bits per heavy atom. The largest absolute Gasteiger partial charge is 0.382 e. The number of methoxy groups -OCH3 is 1. The number of aromatic nitrogens is 3. The molecule has 1 aliphatic heterocycles. The number of rotatable bonds is 6. The molecule has 0 spiro atoms. The zero-order valence-corrected chi connectivity index (χ0v) is 13.9. The van der Waals surface area contributed by atoms with Gasteiger partial charge in [-0.15, -0.1) is 10.2 Å². The lowest BCUT2D eigenvalue weighted by Crippen LogP contribution is -2.53.